The molecule has 0 saturated heterocycles. The summed E-state index contributed by atoms with van der Waals surface area (Å²) in [4.78, 5) is 32.6. The van der Waals surface area contributed by atoms with E-state index in [1.807, 2.05) is 65.9 Å². The van der Waals surface area contributed by atoms with Gasteiger partial charge in [-0.2, -0.15) is 0 Å². The van der Waals surface area contributed by atoms with Crippen molar-refractivity contribution in [2.24, 2.45) is 0 Å². The van der Waals surface area contributed by atoms with Gasteiger partial charge in [0.25, 0.3) is 11.8 Å². The first-order valence-corrected chi connectivity index (χ1v) is 11.1. The first kappa shape index (κ1) is 21.2. The number of aromatic nitrogens is 1. The van der Waals surface area contributed by atoms with E-state index in [-0.39, 0.29) is 11.8 Å². The van der Waals surface area contributed by atoms with E-state index in [0.29, 0.717) is 24.5 Å². The van der Waals surface area contributed by atoms with Gasteiger partial charge in [-0.05, 0) is 47.0 Å². The normalized spacial score (nSPS) is 14.1. The second-order valence-electron chi connectivity index (χ2n) is 7.52. The molecule has 0 radical (unpaired) electrons. The number of rotatable bonds is 6. The van der Waals surface area contributed by atoms with Crippen molar-refractivity contribution in [1.29, 1.82) is 0 Å². The molecule has 160 valence electrons. The Kier molecular flexibility index (Phi) is 6.44. The zero-order chi connectivity index (χ0) is 21.8. The Bertz CT molecular complexity index is 1070. The molecule has 6 nitrogen and oxygen atoms in total. The summed E-state index contributed by atoms with van der Waals surface area (Å²) in [5.74, 6) is -0.127. The lowest BCUT2D eigenvalue weighted by Crippen LogP contribution is -2.40. The minimum Gasteiger partial charge on any atom is -0.367 e. The molecule has 7 heteroatoms. The number of benzene rings is 1. The fourth-order valence-electron chi connectivity index (χ4n) is 3.98. The van der Waals surface area contributed by atoms with E-state index in [4.69, 9.17) is 4.74 Å². The zero-order valence-electron chi connectivity index (χ0n) is 17.6. The monoisotopic (exact) mass is 435 g/mol. The molecule has 0 saturated carbocycles. The van der Waals surface area contributed by atoms with Gasteiger partial charge in [-0.3, -0.25) is 14.6 Å². The summed E-state index contributed by atoms with van der Waals surface area (Å²) in [6, 6.07) is 13.2. The van der Waals surface area contributed by atoms with Crippen LogP contribution in [0.25, 0.3) is 0 Å². The second-order valence-corrected chi connectivity index (χ2v) is 8.47. The molecule has 3 heterocycles. The van der Waals surface area contributed by atoms with Gasteiger partial charge >= 0.3 is 0 Å². The van der Waals surface area contributed by atoms with Gasteiger partial charge in [0.15, 0.2) is 6.10 Å². The van der Waals surface area contributed by atoms with Crippen molar-refractivity contribution < 1.29 is 14.3 Å². The van der Waals surface area contributed by atoms with Gasteiger partial charge in [0.1, 0.15) is 0 Å². The first-order valence-electron chi connectivity index (χ1n) is 10.2. The summed E-state index contributed by atoms with van der Waals surface area (Å²) in [5.41, 5.74) is 5.00. The van der Waals surface area contributed by atoms with Crippen LogP contribution in [-0.4, -0.2) is 35.4 Å². The number of hydrogen-bond acceptors (Lipinski definition) is 5. The molecule has 4 rings (SSSR count). The molecule has 1 unspecified atom stereocenters. The average Bonchev–Trinajstić information content (AvgIpc) is 3.34. The van der Waals surface area contributed by atoms with Gasteiger partial charge in [0.05, 0.1) is 4.88 Å². The molecule has 31 heavy (non-hydrogen) atoms. The Morgan fingerprint density at radius 3 is 2.74 bits per heavy atom. The van der Waals surface area contributed by atoms with Crippen molar-refractivity contribution in [3.8, 4) is 0 Å². The number of hydrogen-bond donors (Lipinski definition) is 1. The number of nitrogens with one attached hydrogen (secondary N) is 1. The number of methoxy groups -OCH3 is 1. The molecule has 1 atom stereocenters. The van der Waals surface area contributed by atoms with Crippen molar-refractivity contribution in [3.63, 3.8) is 0 Å². The van der Waals surface area contributed by atoms with Crippen LogP contribution in [0.1, 0.15) is 43.7 Å². The third-order valence-corrected chi connectivity index (χ3v) is 6.51. The van der Waals surface area contributed by atoms with Crippen LogP contribution < -0.4 is 5.32 Å². The number of carbonyl (C=O) groups excluding carboxylic acids is 2. The second kappa shape index (κ2) is 9.41. The summed E-state index contributed by atoms with van der Waals surface area (Å²) in [5, 5.41) is 4.90. The number of pyridine rings is 1. The minimum atomic E-state index is -0.620. The van der Waals surface area contributed by atoms with E-state index in [1.54, 1.807) is 7.11 Å². The highest BCUT2D eigenvalue weighted by molar-refractivity contribution is 7.12. The number of thiophene rings is 1. The third kappa shape index (κ3) is 4.52. The van der Waals surface area contributed by atoms with Crippen LogP contribution in [0.3, 0.4) is 0 Å². The van der Waals surface area contributed by atoms with Gasteiger partial charge in [0, 0.05) is 38.6 Å². The van der Waals surface area contributed by atoms with Gasteiger partial charge in [-0.25, -0.2) is 0 Å². The molecule has 1 N–H and O–H groups in total. The van der Waals surface area contributed by atoms with E-state index in [2.05, 4.69) is 10.3 Å². The fraction of sp³-hybridized carbons (Fsp3) is 0.292. The number of carbonyl (C=O) groups is 2. The van der Waals surface area contributed by atoms with Gasteiger partial charge in [0.2, 0.25) is 0 Å². The standard InChI is InChI=1S/C24H25N3O3S/c1-16-20(14-26-23(28)21-9-6-12-31-21)19-10-11-27(15-18(19)13-25-16)24(29)22(30-2)17-7-4-3-5-8-17/h3-9,12-13,22H,10-11,14-15H2,1-2H3,(H,26,28). The predicted molar refractivity (Wildman–Crippen MR) is 120 cm³/mol. The number of fused-ring (bicyclic) bond motifs is 1. The molecule has 2 aromatic heterocycles. The summed E-state index contributed by atoms with van der Waals surface area (Å²) >= 11 is 1.42. The maximum absolute atomic E-state index is 13.2. The summed E-state index contributed by atoms with van der Waals surface area (Å²) < 4.78 is 5.53. The highest BCUT2D eigenvalue weighted by atomic mass is 32.1. The Hall–Kier alpha value is -3.03. The van der Waals surface area contributed by atoms with Crippen LogP contribution in [0, 0.1) is 6.92 Å². The molecule has 0 fully saturated rings. The molecule has 0 bridgehead atoms. The molecular formula is C24H25N3O3S. The Morgan fingerprint density at radius 2 is 2.03 bits per heavy atom. The van der Waals surface area contributed by atoms with E-state index >= 15 is 0 Å². The van der Waals surface area contributed by atoms with Gasteiger partial charge < -0.3 is 15.0 Å². The van der Waals surface area contributed by atoms with Crippen LogP contribution in [0.15, 0.2) is 54.0 Å². The lowest BCUT2D eigenvalue weighted by atomic mass is 9.94. The van der Waals surface area contributed by atoms with E-state index in [1.165, 1.54) is 16.9 Å². The van der Waals surface area contributed by atoms with Crippen LogP contribution >= 0.6 is 11.3 Å². The molecule has 2 amide bonds. The Labute approximate surface area is 185 Å². The maximum atomic E-state index is 13.2. The fourth-order valence-corrected chi connectivity index (χ4v) is 4.62. The topological polar surface area (TPSA) is 71.5 Å². The minimum absolute atomic E-state index is 0.0486. The van der Waals surface area contributed by atoms with Crippen LogP contribution in [0.2, 0.25) is 0 Å². The molecule has 1 aromatic carbocycles. The average molecular weight is 436 g/mol. The Balaban J connectivity index is 1.50. The summed E-state index contributed by atoms with van der Waals surface area (Å²) in [7, 11) is 1.56. The highest BCUT2D eigenvalue weighted by Gasteiger charge is 2.29. The van der Waals surface area contributed by atoms with Crippen molar-refractivity contribution in [2.75, 3.05) is 13.7 Å². The number of aryl methyl sites for hydroxylation is 1. The van der Waals surface area contributed by atoms with Crippen LogP contribution in [0.4, 0.5) is 0 Å². The highest BCUT2D eigenvalue weighted by Crippen LogP contribution is 2.27. The molecule has 0 aliphatic carbocycles. The Morgan fingerprint density at radius 1 is 1.23 bits per heavy atom. The lowest BCUT2D eigenvalue weighted by molar-refractivity contribution is -0.143. The molecule has 1 aliphatic heterocycles. The smallest absolute Gasteiger partial charge is 0.261 e. The quantitative estimate of drug-likeness (QED) is 0.642. The maximum Gasteiger partial charge on any atom is 0.261 e. The SMILES string of the molecule is COC(C(=O)N1CCc2c(cnc(C)c2CNC(=O)c2cccs2)C1)c1ccccc1. The third-order valence-electron chi connectivity index (χ3n) is 5.64. The molecule has 1 aliphatic rings. The van der Waals surface area contributed by atoms with E-state index in [9.17, 15) is 9.59 Å². The van der Waals surface area contributed by atoms with Crippen molar-refractivity contribution >= 4 is 23.2 Å². The molecule has 0 spiro atoms. The lowest BCUT2D eigenvalue weighted by Gasteiger charge is -2.32. The summed E-state index contributed by atoms with van der Waals surface area (Å²) in [6.45, 7) is 3.48. The molecule has 3 aromatic rings. The van der Waals surface area contributed by atoms with Crippen molar-refractivity contribution in [2.45, 2.75) is 32.5 Å². The number of amides is 2. The predicted octanol–water partition coefficient (Wildman–Crippen LogP) is 3.65. The largest absolute Gasteiger partial charge is 0.367 e. The first-order chi connectivity index (χ1) is 15.1. The van der Waals surface area contributed by atoms with E-state index < -0.39 is 6.10 Å². The van der Waals surface area contributed by atoms with Gasteiger partial charge in [-0.1, -0.05) is 36.4 Å². The summed E-state index contributed by atoms with van der Waals surface area (Å²) in [6.07, 6.45) is 1.95. The zero-order valence-corrected chi connectivity index (χ0v) is 18.4. The number of ether oxygens (including phenoxy) is 1. The van der Waals surface area contributed by atoms with E-state index in [0.717, 1.165) is 28.8 Å². The van der Waals surface area contributed by atoms with Gasteiger partial charge in [-0.15, -0.1) is 11.3 Å². The van der Waals surface area contributed by atoms with Crippen LogP contribution in [-0.2, 0) is 29.0 Å². The number of nitrogens with zero attached hydrogens (tertiary/aromatic N) is 2. The van der Waals surface area contributed by atoms with Crippen molar-refractivity contribution in [3.05, 3.63) is 86.9 Å². The van der Waals surface area contributed by atoms with Crippen LogP contribution in [0.5, 0.6) is 0 Å². The van der Waals surface area contributed by atoms with Crippen molar-refractivity contribution in [1.82, 2.24) is 15.2 Å². The molecular weight excluding hydrogens is 410 g/mol.